The normalized spacial score (nSPS) is 17.9. The fraction of sp³-hybridized carbons (Fsp3) is 0.185. The average molecular weight is 511 g/mol. The maximum Gasteiger partial charge on any atom is 0.418 e. The lowest BCUT2D eigenvalue weighted by atomic mass is 9.96. The number of halogens is 4. The molecule has 0 radical (unpaired) electrons. The summed E-state index contributed by atoms with van der Waals surface area (Å²) in [6.07, 6.45) is -2.83. The smallest absolute Gasteiger partial charge is 0.351 e. The molecule has 1 aliphatic rings. The molecule has 1 N–H and O–H groups in total. The van der Waals surface area contributed by atoms with Crippen LogP contribution in [0.5, 0.6) is 0 Å². The van der Waals surface area contributed by atoms with Gasteiger partial charge in [0.25, 0.3) is 0 Å². The number of alkyl halides is 3. The number of aryl methyl sites for hydroxylation is 1. The van der Waals surface area contributed by atoms with E-state index in [-0.39, 0.29) is 17.5 Å². The first-order valence-corrected chi connectivity index (χ1v) is 11.7. The monoisotopic (exact) mass is 510 g/mol. The molecule has 5 rings (SSSR count). The van der Waals surface area contributed by atoms with Crippen LogP contribution in [-0.2, 0) is 6.18 Å². The highest BCUT2D eigenvalue weighted by molar-refractivity contribution is 7.80. The van der Waals surface area contributed by atoms with E-state index in [1.807, 2.05) is 29.2 Å². The molecular weight excluding hydrogens is 488 g/mol. The first-order chi connectivity index (χ1) is 17.2. The summed E-state index contributed by atoms with van der Waals surface area (Å²) in [4.78, 5) is 6.38. The Hall–Kier alpha value is -3.72. The van der Waals surface area contributed by atoms with Gasteiger partial charge >= 0.3 is 6.18 Å². The minimum atomic E-state index is -4.51. The van der Waals surface area contributed by atoms with Gasteiger partial charge in [-0.05, 0) is 86.2 Å². The number of hydrogen-bond acceptors (Lipinski definition) is 2. The fourth-order valence-electron chi connectivity index (χ4n) is 4.92. The number of rotatable bonds is 4. The summed E-state index contributed by atoms with van der Waals surface area (Å²) in [6, 6.07) is 18.1. The van der Waals surface area contributed by atoms with Crippen molar-refractivity contribution in [2.24, 2.45) is 0 Å². The Kier molecular flexibility index (Phi) is 6.04. The molecule has 4 aromatic rings. The van der Waals surface area contributed by atoms with E-state index < -0.39 is 17.8 Å². The number of nitrogens with one attached hydrogen (secondary N) is 1. The number of thiocarbonyl (C=S) groups is 1. The predicted molar refractivity (Wildman–Crippen MR) is 135 cm³/mol. The molecule has 0 saturated carbocycles. The van der Waals surface area contributed by atoms with Gasteiger partial charge in [-0.3, -0.25) is 4.98 Å². The predicted octanol–water partition coefficient (Wildman–Crippen LogP) is 6.82. The minimum Gasteiger partial charge on any atom is -0.351 e. The van der Waals surface area contributed by atoms with Gasteiger partial charge in [-0.2, -0.15) is 13.2 Å². The second-order valence-electron chi connectivity index (χ2n) is 8.65. The average Bonchev–Trinajstić information content (AvgIpc) is 3.34. The van der Waals surface area contributed by atoms with Crippen molar-refractivity contribution in [1.29, 1.82) is 0 Å². The van der Waals surface area contributed by atoms with Crippen LogP contribution < -0.4 is 10.2 Å². The van der Waals surface area contributed by atoms with Gasteiger partial charge < -0.3 is 14.8 Å². The molecule has 1 aliphatic heterocycles. The number of para-hydroxylation sites is 1. The van der Waals surface area contributed by atoms with Gasteiger partial charge in [0.2, 0.25) is 0 Å². The van der Waals surface area contributed by atoms with Crippen molar-refractivity contribution in [3.63, 3.8) is 0 Å². The minimum absolute atomic E-state index is 0.0579. The van der Waals surface area contributed by atoms with Crippen LogP contribution in [0.15, 0.2) is 79.0 Å². The number of aromatic nitrogens is 2. The van der Waals surface area contributed by atoms with Crippen LogP contribution in [0.3, 0.4) is 0 Å². The fourth-order valence-corrected chi connectivity index (χ4v) is 5.26. The zero-order valence-corrected chi connectivity index (χ0v) is 20.2. The molecule has 2 aromatic carbocycles. The van der Waals surface area contributed by atoms with Gasteiger partial charge in [0.15, 0.2) is 5.11 Å². The van der Waals surface area contributed by atoms with Crippen LogP contribution in [0.25, 0.3) is 5.69 Å². The SMILES string of the molecule is Cc1cc(C2C(c3ccccn3)NC(=S)N2c2ccc(F)cc2)c(C)n1-c1ccccc1C(F)(F)F. The van der Waals surface area contributed by atoms with Crippen molar-refractivity contribution in [3.8, 4) is 5.69 Å². The van der Waals surface area contributed by atoms with E-state index in [2.05, 4.69) is 10.3 Å². The highest BCUT2D eigenvalue weighted by Gasteiger charge is 2.43. The van der Waals surface area contributed by atoms with Crippen LogP contribution >= 0.6 is 12.2 Å². The highest BCUT2D eigenvalue weighted by atomic mass is 32.1. The van der Waals surface area contributed by atoms with Crippen LogP contribution in [0.4, 0.5) is 23.2 Å². The Labute approximate surface area is 211 Å². The van der Waals surface area contributed by atoms with Crippen molar-refractivity contribution in [3.05, 3.63) is 113 Å². The van der Waals surface area contributed by atoms with Crippen molar-refractivity contribution >= 4 is 23.0 Å². The molecule has 1 fully saturated rings. The second kappa shape index (κ2) is 9.05. The summed E-state index contributed by atoms with van der Waals surface area (Å²) in [5, 5.41) is 3.74. The molecule has 2 unspecified atom stereocenters. The number of pyridine rings is 1. The lowest BCUT2D eigenvalue weighted by molar-refractivity contribution is -0.137. The van der Waals surface area contributed by atoms with E-state index in [0.29, 0.717) is 22.2 Å². The molecular formula is C27H22F4N4S. The summed E-state index contributed by atoms with van der Waals surface area (Å²) in [5.41, 5.74) is 2.83. The van der Waals surface area contributed by atoms with Gasteiger partial charge in [0, 0.05) is 23.3 Å². The van der Waals surface area contributed by atoms with E-state index in [0.717, 1.165) is 17.3 Å². The number of benzene rings is 2. The lowest BCUT2D eigenvalue weighted by Gasteiger charge is -2.28. The summed E-state index contributed by atoms with van der Waals surface area (Å²) in [5.74, 6) is -0.378. The Balaban J connectivity index is 1.70. The van der Waals surface area contributed by atoms with Crippen LogP contribution in [-0.4, -0.2) is 14.7 Å². The van der Waals surface area contributed by atoms with Crippen molar-refractivity contribution < 1.29 is 17.6 Å². The van der Waals surface area contributed by atoms with Crippen LogP contribution in [0.1, 0.15) is 40.3 Å². The zero-order chi connectivity index (χ0) is 25.6. The number of anilines is 1. The first-order valence-electron chi connectivity index (χ1n) is 11.3. The zero-order valence-electron chi connectivity index (χ0n) is 19.4. The van der Waals surface area contributed by atoms with Gasteiger partial charge in [-0.15, -0.1) is 0 Å². The quantitative estimate of drug-likeness (QED) is 0.241. The molecule has 4 nitrogen and oxygen atoms in total. The molecule has 0 spiro atoms. The summed E-state index contributed by atoms with van der Waals surface area (Å²) >= 11 is 5.69. The molecule has 2 atom stereocenters. The lowest BCUT2D eigenvalue weighted by Crippen LogP contribution is -2.29. The van der Waals surface area contributed by atoms with Crippen molar-refractivity contribution in [2.75, 3.05) is 4.90 Å². The van der Waals surface area contributed by atoms with Crippen LogP contribution in [0, 0.1) is 19.7 Å². The maximum atomic E-state index is 13.9. The standard InChI is InChI=1S/C27H22F4N4S/c1-16-15-20(17(2)34(16)23-9-4-3-7-21(23)27(29,30)31)25-24(22-8-5-6-14-32-22)33-26(36)35(25)19-12-10-18(28)11-13-19/h3-15,24-25H,1-2H3,(H,33,36). The summed E-state index contributed by atoms with van der Waals surface area (Å²) < 4.78 is 56.9. The third-order valence-electron chi connectivity index (χ3n) is 6.44. The second-order valence-corrected chi connectivity index (χ2v) is 9.04. The third kappa shape index (κ3) is 4.13. The number of hydrogen-bond donors (Lipinski definition) is 1. The molecule has 184 valence electrons. The van der Waals surface area contributed by atoms with Crippen molar-refractivity contribution in [1.82, 2.24) is 14.9 Å². The highest BCUT2D eigenvalue weighted by Crippen LogP contribution is 2.44. The van der Waals surface area contributed by atoms with E-state index in [1.165, 1.54) is 24.3 Å². The molecule has 1 saturated heterocycles. The molecule has 0 amide bonds. The Morgan fingerprint density at radius 2 is 1.64 bits per heavy atom. The summed E-state index contributed by atoms with van der Waals surface area (Å²) in [6.45, 7) is 3.58. The Morgan fingerprint density at radius 3 is 2.31 bits per heavy atom. The third-order valence-corrected chi connectivity index (χ3v) is 6.76. The molecule has 3 heterocycles. The summed E-state index contributed by atoms with van der Waals surface area (Å²) in [7, 11) is 0. The van der Waals surface area contributed by atoms with E-state index in [9.17, 15) is 17.6 Å². The van der Waals surface area contributed by atoms with E-state index in [1.54, 1.807) is 42.8 Å². The largest absolute Gasteiger partial charge is 0.418 e. The van der Waals surface area contributed by atoms with Gasteiger partial charge in [0.1, 0.15) is 5.82 Å². The molecule has 9 heteroatoms. The maximum absolute atomic E-state index is 13.9. The molecule has 0 bridgehead atoms. The van der Waals surface area contributed by atoms with Gasteiger partial charge in [-0.1, -0.05) is 18.2 Å². The van der Waals surface area contributed by atoms with Gasteiger partial charge in [-0.25, -0.2) is 4.39 Å². The number of nitrogens with zero attached hydrogens (tertiary/aromatic N) is 3. The molecule has 0 aliphatic carbocycles. The Bertz CT molecular complexity index is 1410. The molecule has 36 heavy (non-hydrogen) atoms. The van der Waals surface area contributed by atoms with E-state index in [4.69, 9.17) is 12.2 Å². The topological polar surface area (TPSA) is 33.1 Å². The Morgan fingerprint density at radius 1 is 0.944 bits per heavy atom. The van der Waals surface area contributed by atoms with Crippen molar-refractivity contribution in [2.45, 2.75) is 32.1 Å². The first kappa shape index (κ1) is 24.0. The van der Waals surface area contributed by atoms with Crippen LogP contribution in [0.2, 0.25) is 0 Å². The van der Waals surface area contributed by atoms with Gasteiger partial charge in [0.05, 0.1) is 29.0 Å². The van der Waals surface area contributed by atoms with E-state index >= 15 is 0 Å². The molecule has 2 aromatic heterocycles.